The molecule has 34 heavy (non-hydrogen) atoms. The number of amides is 1. The van der Waals surface area contributed by atoms with Crippen molar-refractivity contribution in [2.45, 2.75) is 18.9 Å². The molecular weight excluding hydrogens is 444 g/mol. The summed E-state index contributed by atoms with van der Waals surface area (Å²) in [5.41, 5.74) is 0.526. The molecule has 0 N–H and O–H groups in total. The zero-order valence-corrected chi connectivity index (χ0v) is 19.0. The van der Waals surface area contributed by atoms with Gasteiger partial charge >= 0.3 is 0 Å². The topological polar surface area (TPSA) is 64.0 Å². The van der Waals surface area contributed by atoms with Crippen molar-refractivity contribution in [2.24, 2.45) is 0 Å². The van der Waals surface area contributed by atoms with Gasteiger partial charge in [0, 0.05) is 50.2 Å². The molecule has 2 fully saturated rings. The van der Waals surface area contributed by atoms with Gasteiger partial charge in [-0.15, -0.1) is 0 Å². The third-order valence-corrected chi connectivity index (χ3v) is 6.53. The van der Waals surface area contributed by atoms with Crippen molar-refractivity contribution in [3.8, 4) is 11.5 Å². The van der Waals surface area contributed by atoms with Gasteiger partial charge < -0.3 is 23.8 Å². The fourth-order valence-corrected chi connectivity index (χ4v) is 4.55. The molecule has 0 spiro atoms. The molecule has 1 aromatic heterocycles. The number of nitrogens with zero attached hydrogens (tertiary/aromatic N) is 3. The number of anilines is 1. The van der Waals surface area contributed by atoms with Gasteiger partial charge in [-0.25, -0.2) is 4.39 Å². The van der Waals surface area contributed by atoms with E-state index in [1.807, 2.05) is 24.3 Å². The third-order valence-electron chi connectivity index (χ3n) is 6.53. The highest BCUT2D eigenvalue weighted by Crippen LogP contribution is 2.40. The number of hydrogen-bond donors (Lipinski definition) is 0. The lowest BCUT2D eigenvalue weighted by molar-refractivity contribution is 0.0745. The van der Waals surface area contributed by atoms with Gasteiger partial charge in [-0.2, -0.15) is 4.39 Å². The molecule has 2 aliphatic rings. The number of rotatable bonds is 5. The molecule has 1 aliphatic heterocycles. The molecule has 0 atom stereocenters. The quantitative estimate of drug-likeness (QED) is 0.572. The lowest BCUT2D eigenvalue weighted by Crippen LogP contribution is -2.49. The second kappa shape index (κ2) is 8.62. The van der Waals surface area contributed by atoms with Crippen molar-refractivity contribution < 1.29 is 23.0 Å². The highest BCUT2D eigenvalue weighted by molar-refractivity contribution is 5.98. The molecule has 9 heteroatoms. The minimum Gasteiger partial charge on any atom is -0.497 e. The average Bonchev–Trinajstić information content (AvgIpc) is 3.71. The van der Waals surface area contributed by atoms with Gasteiger partial charge in [-0.05, 0) is 31.0 Å². The van der Waals surface area contributed by atoms with Gasteiger partial charge in [0.2, 0.25) is 11.2 Å². The number of fused-ring (bicyclic) bond motifs is 1. The lowest BCUT2D eigenvalue weighted by atomic mass is 10.1. The summed E-state index contributed by atoms with van der Waals surface area (Å²) in [6.45, 7) is 2.05. The van der Waals surface area contributed by atoms with Crippen LogP contribution in [0.4, 0.5) is 14.5 Å². The molecule has 1 aliphatic carbocycles. The fraction of sp³-hybridized carbons (Fsp3) is 0.360. The van der Waals surface area contributed by atoms with Gasteiger partial charge in [0.15, 0.2) is 11.6 Å². The number of carbonyl (C=O) groups excluding carboxylic acids is 1. The van der Waals surface area contributed by atoms with Crippen LogP contribution in [0.1, 0.15) is 29.2 Å². The van der Waals surface area contributed by atoms with E-state index in [0.717, 1.165) is 30.3 Å². The maximum absolute atomic E-state index is 14.4. The molecular formula is C25H25F2N3O4. The van der Waals surface area contributed by atoms with Crippen LogP contribution in [-0.4, -0.2) is 55.8 Å². The van der Waals surface area contributed by atoms with Crippen LogP contribution in [0.5, 0.6) is 11.5 Å². The van der Waals surface area contributed by atoms with Gasteiger partial charge in [0.25, 0.3) is 5.91 Å². The van der Waals surface area contributed by atoms with E-state index in [0.29, 0.717) is 26.2 Å². The molecule has 178 valence electrons. The van der Waals surface area contributed by atoms with E-state index in [4.69, 9.17) is 9.47 Å². The molecule has 0 radical (unpaired) electrons. The van der Waals surface area contributed by atoms with Crippen molar-refractivity contribution in [2.75, 3.05) is 45.3 Å². The van der Waals surface area contributed by atoms with Crippen molar-refractivity contribution >= 4 is 22.5 Å². The predicted octanol–water partition coefficient (Wildman–Crippen LogP) is 3.59. The first-order chi connectivity index (χ1) is 16.4. The predicted molar refractivity (Wildman–Crippen MR) is 124 cm³/mol. The fourth-order valence-electron chi connectivity index (χ4n) is 4.55. The van der Waals surface area contributed by atoms with Gasteiger partial charge in [-0.1, -0.05) is 6.07 Å². The number of carbonyl (C=O) groups is 1. The van der Waals surface area contributed by atoms with E-state index in [2.05, 4.69) is 4.90 Å². The number of methoxy groups -OCH3 is 2. The largest absolute Gasteiger partial charge is 0.497 e. The van der Waals surface area contributed by atoms with E-state index in [9.17, 15) is 18.4 Å². The number of pyridine rings is 1. The Kier molecular flexibility index (Phi) is 5.63. The Bertz CT molecular complexity index is 1330. The second-order valence-corrected chi connectivity index (χ2v) is 8.59. The number of hydrogen-bond acceptors (Lipinski definition) is 5. The summed E-state index contributed by atoms with van der Waals surface area (Å²) in [6.07, 6.45) is 3.14. The number of aromatic nitrogens is 1. The van der Waals surface area contributed by atoms with E-state index in [1.165, 1.54) is 13.3 Å². The summed E-state index contributed by atoms with van der Waals surface area (Å²) in [4.78, 5) is 30.4. The summed E-state index contributed by atoms with van der Waals surface area (Å²) in [5.74, 6) is -2.29. The van der Waals surface area contributed by atoms with Crippen molar-refractivity contribution in [3.05, 3.63) is 63.9 Å². The van der Waals surface area contributed by atoms with Crippen LogP contribution in [-0.2, 0) is 0 Å². The molecule has 0 unspecified atom stereocenters. The SMILES string of the molecule is COc1cccc(N2CCN(C(=O)c3cn(C4CC4)c4c(OC)c(F)c(F)cc4c3=O)CC2)c1. The van der Waals surface area contributed by atoms with Crippen LogP contribution in [0.15, 0.2) is 41.3 Å². The first kappa shape index (κ1) is 22.2. The maximum atomic E-state index is 14.4. The maximum Gasteiger partial charge on any atom is 0.259 e. The Hall–Kier alpha value is -3.62. The highest BCUT2D eigenvalue weighted by Gasteiger charge is 2.32. The first-order valence-electron chi connectivity index (χ1n) is 11.2. The molecule has 1 amide bonds. The molecule has 3 aromatic rings. The monoisotopic (exact) mass is 469 g/mol. The number of ether oxygens (including phenoxy) is 2. The van der Waals surface area contributed by atoms with Crippen LogP contribution in [0, 0.1) is 11.6 Å². The van der Waals surface area contributed by atoms with Crippen LogP contribution >= 0.6 is 0 Å². The summed E-state index contributed by atoms with van der Waals surface area (Å²) in [6, 6.07) is 8.59. The van der Waals surface area contributed by atoms with Crippen LogP contribution in [0.2, 0.25) is 0 Å². The Morgan fingerprint density at radius 2 is 1.76 bits per heavy atom. The van der Waals surface area contributed by atoms with Crippen molar-refractivity contribution in [1.29, 1.82) is 0 Å². The zero-order chi connectivity index (χ0) is 24.0. The average molecular weight is 469 g/mol. The van der Waals surface area contributed by atoms with Crippen LogP contribution in [0.3, 0.4) is 0 Å². The molecule has 0 bridgehead atoms. The van der Waals surface area contributed by atoms with Crippen LogP contribution in [0.25, 0.3) is 10.9 Å². The number of halogens is 2. The Labute approximate surface area is 195 Å². The lowest BCUT2D eigenvalue weighted by Gasteiger charge is -2.36. The third kappa shape index (κ3) is 3.74. The Morgan fingerprint density at radius 3 is 2.41 bits per heavy atom. The molecule has 1 saturated heterocycles. The summed E-state index contributed by atoms with van der Waals surface area (Å²) in [7, 11) is 2.85. The van der Waals surface area contributed by atoms with E-state index >= 15 is 0 Å². The molecule has 2 aromatic carbocycles. The molecule has 7 nitrogen and oxygen atoms in total. The highest BCUT2D eigenvalue weighted by atomic mass is 19.2. The van der Waals surface area contributed by atoms with Gasteiger partial charge in [-0.3, -0.25) is 9.59 Å². The van der Waals surface area contributed by atoms with Gasteiger partial charge in [0.05, 0.1) is 25.1 Å². The molecule has 1 saturated carbocycles. The zero-order valence-electron chi connectivity index (χ0n) is 19.0. The Morgan fingerprint density at radius 1 is 1.03 bits per heavy atom. The summed E-state index contributed by atoms with van der Waals surface area (Å²) >= 11 is 0. The van der Waals surface area contributed by atoms with E-state index in [-0.39, 0.29) is 28.3 Å². The van der Waals surface area contributed by atoms with E-state index < -0.39 is 23.0 Å². The van der Waals surface area contributed by atoms with Crippen LogP contribution < -0.4 is 19.8 Å². The summed E-state index contributed by atoms with van der Waals surface area (Å²) in [5, 5.41) is -0.0523. The number of benzene rings is 2. The number of piperazine rings is 1. The second-order valence-electron chi connectivity index (χ2n) is 8.59. The van der Waals surface area contributed by atoms with E-state index in [1.54, 1.807) is 16.6 Å². The molecule has 5 rings (SSSR count). The van der Waals surface area contributed by atoms with Crippen molar-refractivity contribution in [3.63, 3.8) is 0 Å². The minimum atomic E-state index is -1.18. The smallest absolute Gasteiger partial charge is 0.259 e. The molecule has 2 heterocycles. The minimum absolute atomic E-state index is 0.0123. The van der Waals surface area contributed by atoms with Gasteiger partial charge in [0.1, 0.15) is 11.3 Å². The summed E-state index contributed by atoms with van der Waals surface area (Å²) < 4.78 is 40.8. The first-order valence-corrected chi connectivity index (χ1v) is 11.2. The van der Waals surface area contributed by atoms with Crippen molar-refractivity contribution in [1.82, 2.24) is 9.47 Å². The normalized spacial score (nSPS) is 16.1. The Balaban J connectivity index is 1.47. The standard InChI is InChI=1S/C25H25F2N3O4/c1-33-17-5-3-4-16(12-17)28-8-10-29(11-9-28)25(32)19-14-30(15-6-7-15)22-18(23(19)31)13-20(26)21(27)24(22)34-2/h3-5,12-15H,6-11H2,1-2H3.